The molecule has 74 valence electrons. The van der Waals surface area contributed by atoms with Crippen LogP contribution in [0.15, 0.2) is 12.4 Å². The number of nitrogens with zero attached hydrogens (tertiary/aromatic N) is 3. The molecule has 0 saturated carbocycles. The first-order valence-corrected chi connectivity index (χ1v) is 5.01. The standard InChI is InChI=1S/C8H10N4OS/c1-4(13)5(9)7-12-6-8(14-7)11-3-2-10-6/h2-5,13H,9H2,1H3. The van der Waals surface area contributed by atoms with E-state index in [2.05, 4.69) is 15.0 Å². The second-order valence-electron chi connectivity index (χ2n) is 3.00. The molecular weight excluding hydrogens is 200 g/mol. The van der Waals surface area contributed by atoms with Crippen LogP contribution in [0.5, 0.6) is 0 Å². The van der Waals surface area contributed by atoms with Gasteiger partial charge in [-0.15, -0.1) is 0 Å². The number of hydrogen-bond donors (Lipinski definition) is 2. The van der Waals surface area contributed by atoms with E-state index in [9.17, 15) is 5.11 Å². The first kappa shape index (κ1) is 9.45. The van der Waals surface area contributed by atoms with Gasteiger partial charge in [-0.2, -0.15) is 0 Å². The number of fused-ring (bicyclic) bond motifs is 1. The highest BCUT2D eigenvalue weighted by Gasteiger charge is 2.17. The van der Waals surface area contributed by atoms with E-state index in [-0.39, 0.29) is 0 Å². The van der Waals surface area contributed by atoms with Gasteiger partial charge in [-0.3, -0.25) is 0 Å². The molecule has 2 heterocycles. The van der Waals surface area contributed by atoms with Gasteiger partial charge < -0.3 is 10.8 Å². The molecular formula is C8H10N4OS. The number of nitrogens with two attached hydrogens (primary N) is 1. The van der Waals surface area contributed by atoms with Gasteiger partial charge in [0.25, 0.3) is 0 Å². The summed E-state index contributed by atoms with van der Waals surface area (Å²) in [4.78, 5) is 13.1. The zero-order valence-corrected chi connectivity index (χ0v) is 8.40. The Morgan fingerprint density at radius 3 is 2.79 bits per heavy atom. The van der Waals surface area contributed by atoms with E-state index in [1.54, 1.807) is 19.3 Å². The summed E-state index contributed by atoms with van der Waals surface area (Å²) in [5, 5.41) is 9.97. The quantitative estimate of drug-likeness (QED) is 0.752. The number of aliphatic hydroxyl groups excluding tert-OH is 1. The first-order valence-electron chi connectivity index (χ1n) is 4.19. The monoisotopic (exact) mass is 210 g/mol. The van der Waals surface area contributed by atoms with Gasteiger partial charge in [0.2, 0.25) is 0 Å². The van der Waals surface area contributed by atoms with Gasteiger partial charge in [-0.05, 0) is 6.92 Å². The van der Waals surface area contributed by atoms with Crippen molar-refractivity contribution in [3.05, 3.63) is 17.4 Å². The summed E-state index contributed by atoms with van der Waals surface area (Å²) < 4.78 is 0. The predicted molar refractivity (Wildman–Crippen MR) is 53.8 cm³/mol. The molecule has 0 aliphatic rings. The fraction of sp³-hybridized carbons (Fsp3) is 0.375. The van der Waals surface area contributed by atoms with Crippen molar-refractivity contribution < 1.29 is 5.11 Å². The van der Waals surface area contributed by atoms with E-state index in [1.165, 1.54) is 11.3 Å². The van der Waals surface area contributed by atoms with Crippen LogP contribution in [-0.4, -0.2) is 26.2 Å². The Hall–Kier alpha value is -1.11. The van der Waals surface area contributed by atoms with Crippen molar-refractivity contribution >= 4 is 21.8 Å². The van der Waals surface area contributed by atoms with Crippen molar-refractivity contribution in [1.82, 2.24) is 15.0 Å². The summed E-state index contributed by atoms with van der Waals surface area (Å²) in [5.41, 5.74) is 6.33. The fourth-order valence-corrected chi connectivity index (χ4v) is 2.01. The normalized spacial score (nSPS) is 15.6. The van der Waals surface area contributed by atoms with Crippen LogP contribution in [0.1, 0.15) is 18.0 Å². The highest BCUT2D eigenvalue weighted by atomic mass is 32.1. The number of aliphatic hydroxyl groups is 1. The summed E-state index contributed by atoms with van der Waals surface area (Å²) in [6, 6.07) is -0.462. The minimum Gasteiger partial charge on any atom is -0.391 e. The van der Waals surface area contributed by atoms with Crippen molar-refractivity contribution in [1.29, 1.82) is 0 Å². The Morgan fingerprint density at radius 2 is 2.14 bits per heavy atom. The number of hydrogen-bond acceptors (Lipinski definition) is 6. The summed E-state index contributed by atoms with van der Waals surface area (Å²) in [6.07, 6.45) is 2.58. The third kappa shape index (κ3) is 1.59. The molecule has 2 aromatic rings. The van der Waals surface area contributed by atoms with Crippen molar-refractivity contribution in [2.24, 2.45) is 5.73 Å². The lowest BCUT2D eigenvalue weighted by atomic mass is 10.2. The maximum absolute atomic E-state index is 9.30. The second kappa shape index (κ2) is 3.56. The largest absolute Gasteiger partial charge is 0.391 e. The Labute approximate surface area is 84.6 Å². The van der Waals surface area contributed by atoms with Crippen molar-refractivity contribution in [3.8, 4) is 0 Å². The molecule has 2 unspecified atom stereocenters. The molecule has 0 radical (unpaired) electrons. The average Bonchev–Trinajstić information content (AvgIpc) is 2.59. The van der Waals surface area contributed by atoms with E-state index in [1.807, 2.05) is 0 Å². The van der Waals surface area contributed by atoms with E-state index in [0.717, 1.165) is 4.83 Å². The average molecular weight is 210 g/mol. The van der Waals surface area contributed by atoms with E-state index in [4.69, 9.17) is 5.73 Å². The molecule has 2 aromatic heterocycles. The highest BCUT2D eigenvalue weighted by Crippen LogP contribution is 2.23. The minimum absolute atomic E-state index is 0.462. The van der Waals surface area contributed by atoms with Gasteiger partial charge in [0.1, 0.15) is 5.01 Å². The second-order valence-corrected chi connectivity index (χ2v) is 4.01. The van der Waals surface area contributed by atoms with Gasteiger partial charge in [0, 0.05) is 12.4 Å². The topological polar surface area (TPSA) is 84.9 Å². The van der Waals surface area contributed by atoms with Gasteiger partial charge in [-0.1, -0.05) is 11.3 Å². The Bertz CT molecular complexity index is 409. The van der Waals surface area contributed by atoms with Crippen LogP contribution in [0.4, 0.5) is 0 Å². The van der Waals surface area contributed by atoms with Gasteiger partial charge >= 0.3 is 0 Å². The molecule has 6 heteroatoms. The number of thiazole rings is 1. The zero-order valence-electron chi connectivity index (χ0n) is 7.58. The smallest absolute Gasteiger partial charge is 0.189 e. The zero-order chi connectivity index (χ0) is 10.1. The van der Waals surface area contributed by atoms with Crippen molar-refractivity contribution in [2.75, 3.05) is 0 Å². The van der Waals surface area contributed by atoms with Gasteiger partial charge in [0.15, 0.2) is 10.5 Å². The molecule has 0 aliphatic heterocycles. The molecule has 5 nitrogen and oxygen atoms in total. The Morgan fingerprint density at radius 1 is 1.43 bits per heavy atom. The number of aromatic nitrogens is 3. The molecule has 0 bridgehead atoms. The molecule has 0 saturated heterocycles. The van der Waals surface area contributed by atoms with Crippen LogP contribution in [0.2, 0.25) is 0 Å². The van der Waals surface area contributed by atoms with E-state index < -0.39 is 12.1 Å². The summed E-state index contributed by atoms with van der Waals surface area (Å²) in [7, 11) is 0. The molecule has 0 amide bonds. The number of rotatable bonds is 2. The Balaban J connectivity index is 2.45. The third-order valence-electron chi connectivity index (χ3n) is 1.87. The summed E-state index contributed by atoms with van der Waals surface area (Å²) in [6.45, 7) is 1.64. The van der Waals surface area contributed by atoms with Crippen LogP contribution in [0, 0.1) is 0 Å². The molecule has 0 spiro atoms. The third-order valence-corrected chi connectivity index (χ3v) is 2.92. The van der Waals surface area contributed by atoms with Crippen LogP contribution in [0.3, 0.4) is 0 Å². The van der Waals surface area contributed by atoms with E-state index >= 15 is 0 Å². The van der Waals surface area contributed by atoms with Crippen LogP contribution in [0.25, 0.3) is 10.5 Å². The molecule has 3 N–H and O–H groups in total. The summed E-state index contributed by atoms with van der Waals surface area (Å²) in [5.74, 6) is 0. The van der Waals surface area contributed by atoms with Gasteiger partial charge in [-0.25, -0.2) is 15.0 Å². The molecule has 2 atom stereocenters. The van der Waals surface area contributed by atoms with Crippen LogP contribution >= 0.6 is 11.3 Å². The first-order chi connectivity index (χ1) is 6.68. The lowest BCUT2D eigenvalue weighted by Gasteiger charge is -2.09. The molecule has 14 heavy (non-hydrogen) atoms. The lowest BCUT2D eigenvalue weighted by molar-refractivity contribution is 0.164. The van der Waals surface area contributed by atoms with Crippen LogP contribution < -0.4 is 5.73 Å². The minimum atomic E-state index is -0.615. The highest BCUT2D eigenvalue weighted by molar-refractivity contribution is 7.18. The molecule has 2 rings (SSSR count). The maximum Gasteiger partial charge on any atom is 0.189 e. The molecule has 0 aromatic carbocycles. The molecule has 0 fully saturated rings. The van der Waals surface area contributed by atoms with E-state index in [0.29, 0.717) is 10.7 Å². The Kier molecular flexibility index (Phi) is 2.40. The van der Waals surface area contributed by atoms with Gasteiger partial charge in [0.05, 0.1) is 12.1 Å². The molecule has 0 aliphatic carbocycles. The lowest BCUT2D eigenvalue weighted by Crippen LogP contribution is -2.22. The maximum atomic E-state index is 9.30. The SMILES string of the molecule is CC(O)C(N)c1nc2nccnc2s1. The predicted octanol–water partition coefficient (Wildman–Crippen LogP) is 0.467. The summed E-state index contributed by atoms with van der Waals surface area (Å²) >= 11 is 1.36. The van der Waals surface area contributed by atoms with Crippen molar-refractivity contribution in [3.63, 3.8) is 0 Å². The van der Waals surface area contributed by atoms with Crippen molar-refractivity contribution in [2.45, 2.75) is 19.1 Å². The fourth-order valence-electron chi connectivity index (χ4n) is 1.04. The van der Waals surface area contributed by atoms with Crippen LogP contribution in [-0.2, 0) is 0 Å².